The minimum Gasteiger partial charge on any atom is -0.494 e. The number of ether oxygens (including phenoxy) is 1. The van der Waals surface area contributed by atoms with Crippen molar-refractivity contribution in [3.8, 4) is 5.75 Å². The van der Waals surface area contributed by atoms with Crippen LogP contribution in [0.2, 0.25) is 0 Å². The van der Waals surface area contributed by atoms with Crippen LogP contribution in [0.3, 0.4) is 0 Å². The summed E-state index contributed by atoms with van der Waals surface area (Å²) in [6, 6.07) is 7.74. The lowest BCUT2D eigenvalue weighted by Gasteiger charge is -2.20. The van der Waals surface area contributed by atoms with Gasteiger partial charge in [0, 0.05) is 12.1 Å². The van der Waals surface area contributed by atoms with Gasteiger partial charge in [-0.05, 0) is 49.4 Å². The number of benzene rings is 1. The topological polar surface area (TPSA) is 38.3 Å². The van der Waals surface area contributed by atoms with E-state index in [1.165, 1.54) is 51.4 Å². The van der Waals surface area contributed by atoms with E-state index in [2.05, 4.69) is 12.2 Å². The quantitative estimate of drug-likeness (QED) is 0.606. The third-order valence-corrected chi connectivity index (χ3v) is 4.60. The summed E-state index contributed by atoms with van der Waals surface area (Å²) in [6.45, 7) is 2.98. The molecule has 1 aromatic rings. The van der Waals surface area contributed by atoms with Crippen molar-refractivity contribution in [3.63, 3.8) is 0 Å². The van der Waals surface area contributed by atoms with Gasteiger partial charge in [-0.15, -0.1) is 0 Å². The van der Waals surface area contributed by atoms with Crippen LogP contribution in [0.25, 0.3) is 0 Å². The van der Waals surface area contributed by atoms with Crippen molar-refractivity contribution in [2.75, 3.05) is 11.9 Å². The number of rotatable bonds is 9. The van der Waals surface area contributed by atoms with E-state index >= 15 is 0 Å². The summed E-state index contributed by atoms with van der Waals surface area (Å²) in [5.41, 5.74) is 0.865. The van der Waals surface area contributed by atoms with Gasteiger partial charge in [0.25, 0.3) is 0 Å². The van der Waals surface area contributed by atoms with Crippen molar-refractivity contribution in [2.45, 2.75) is 71.1 Å². The SMILES string of the molecule is CCCCCCOc1ccc(NC(=O)CC2CCCCC2)cc1. The van der Waals surface area contributed by atoms with Crippen LogP contribution in [0, 0.1) is 5.92 Å². The van der Waals surface area contributed by atoms with Gasteiger partial charge in [-0.25, -0.2) is 0 Å². The maximum absolute atomic E-state index is 12.1. The molecule has 1 amide bonds. The fourth-order valence-corrected chi connectivity index (χ4v) is 3.22. The Morgan fingerprint density at radius 1 is 1.09 bits per heavy atom. The van der Waals surface area contributed by atoms with Crippen molar-refractivity contribution < 1.29 is 9.53 Å². The second-order valence-corrected chi connectivity index (χ2v) is 6.69. The molecule has 1 N–H and O–H groups in total. The molecule has 1 fully saturated rings. The van der Waals surface area contributed by atoms with Crippen LogP contribution in [0.4, 0.5) is 5.69 Å². The van der Waals surface area contributed by atoms with Gasteiger partial charge in [-0.1, -0.05) is 45.4 Å². The van der Waals surface area contributed by atoms with Gasteiger partial charge < -0.3 is 10.1 Å². The normalized spacial score (nSPS) is 15.3. The first-order valence-electron chi connectivity index (χ1n) is 9.30. The highest BCUT2D eigenvalue weighted by Gasteiger charge is 2.16. The zero-order valence-electron chi connectivity index (χ0n) is 14.5. The monoisotopic (exact) mass is 317 g/mol. The fourth-order valence-electron chi connectivity index (χ4n) is 3.22. The molecule has 0 atom stereocenters. The summed E-state index contributed by atoms with van der Waals surface area (Å²) in [6.07, 6.45) is 11.8. The molecule has 3 heteroatoms. The molecule has 3 nitrogen and oxygen atoms in total. The molecule has 0 aromatic heterocycles. The molecule has 0 heterocycles. The summed E-state index contributed by atoms with van der Waals surface area (Å²) >= 11 is 0. The standard InChI is InChI=1S/C20H31NO2/c1-2-3-4-8-15-23-19-13-11-18(12-14-19)21-20(22)16-17-9-6-5-7-10-17/h11-14,17H,2-10,15-16H2,1H3,(H,21,22). The van der Waals surface area contributed by atoms with E-state index in [4.69, 9.17) is 4.74 Å². The molecule has 0 radical (unpaired) electrons. The van der Waals surface area contributed by atoms with E-state index in [-0.39, 0.29) is 5.91 Å². The molecule has 1 aromatic carbocycles. The number of hydrogen-bond donors (Lipinski definition) is 1. The Hall–Kier alpha value is -1.51. The van der Waals surface area contributed by atoms with E-state index in [0.717, 1.165) is 24.5 Å². The van der Waals surface area contributed by atoms with E-state index in [1.54, 1.807) is 0 Å². The molecule has 0 aliphatic heterocycles. The van der Waals surface area contributed by atoms with Crippen LogP contribution in [0.15, 0.2) is 24.3 Å². The number of hydrogen-bond acceptors (Lipinski definition) is 2. The first kappa shape index (κ1) is 17.8. The third kappa shape index (κ3) is 7.06. The van der Waals surface area contributed by atoms with Crippen LogP contribution >= 0.6 is 0 Å². The molecule has 128 valence electrons. The number of unbranched alkanes of at least 4 members (excludes halogenated alkanes) is 3. The van der Waals surface area contributed by atoms with E-state index in [0.29, 0.717) is 12.3 Å². The van der Waals surface area contributed by atoms with Crippen molar-refractivity contribution in [2.24, 2.45) is 5.92 Å². The maximum Gasteiger partial charge on any atom is 0.224 e. The summed E-state index contributed by atoms with van der Waals surface area (Å²) in [7, 11) is 0. The van der Waals surface area contributed by atoms with Crippen molar-refractivity contribution >= 4 is 11.6 Å². The average Bonchev–Trinajstić information content (AvgIpc) is 2.57. The molecule has 1 aliphatic carbocycles. The number of carbonyl (C=O) groups is 1. The van der Waals surface area contributed by atoms with Crippen LogP contribution in [0.5, 0.6) is 5.75 Å². The Labute approximate surface area is 140 Å². The molecule has 0 spiro atoms. The van der Waals surface area contributed by atoms with Crippen molar-refractivity contribution in [1.82, 2.24) is 0 Å². The molecule has 1 aliphatic rings. The first-order chi connectivity index (χ1) is 11.3. The molecular weight excluding hydrogens is 286 g/mol. The Morgan fingerprint density at radius 2 is 1.83 bits per heavy atom. The van der Waals surface area contributed by atoms with Crippen LogP contribution in [0.1, 0.15) is 71.1 Å². The Bertz CT molecular complexity index is 449. The highest BCUT2D eigenvalue weighted by Crippen LogP contribution is 2.26. The summed E-state index contributed by atoms with van der Waals surface area (Å²) < 4.78 is 5.72. The predicted octanol–water partition coefficient (Wildman–Crippen LogP) is 5.55. The first-order valence-corrected chi connectivity index (χ1v) is 9.30. The number of carbonyl (C=O) groups excluding carboxylic acids is 1. The number of anilines is 1. The third-order valence-electron chi connectivity index (χ3n) is 4.60. The molecule has 23 heavy (non-hydrogen) atoms. The van der Waals surface area contributed by atoms with Crippen LogP contribution in [-0.2, 0) is 4.79 Å². The lowest BCUT2D eigenvalue weighted by molar-refractivity contribution is -0.117. The van der Waals surface area contributed by atoms with Crippen LogP contribution in [-0.4, -0.2) is 12.5 Å². The van der Waals surface area contributed by atoms with Crippen molar-refractivity contribution in [3.05, 3.63) is 24.3 Å². The van der Waals surface area contributed by atoms with Gasteiger partial charge in [0.1, 0.15) is 5.75 Å². The second kappa shape index (κ2) is 10.3. The summed E-state index contributed by atoms with van der Waals surface area (Å²) in [5.74, 6) is 1.60. The molecule has 0 bridgehead atoms. The smallest absolute Gasteiger partial charge is 0.224 e. The fraction of sp³-hybridized carbons (Fsp3) is 0.650. The van der Waals surface area contributed by atoms with Gasteiger partial charge in [0.15, 0.2) is 0 Å². The van der Waals surface area contributed by atoms with Gasteiger partial charge in [-0.2, -0.15) is 0 Å². The predicted molar refractivity (Wildman–Crippen MR) is 95.9 cm³/mol. The molecule has 0 unspecified atom stereocenters. The van der Waals surface area contributed by atoms with Gasteiger partial charge in [0.2, 0.25) is 5.91 Å². The average molecular weight is 317 g/mol. The second-order valence-electron chi connectivity index (χ2n) is 6.69. The lowest BCUT2D eigenvalue weighted by atomic mass is 9.87. The minimum atomic E-state index is 0.144. The van der Waals surface area contributed by atoms with Gasteiger partial charge >= 0.3 is 0 Å². The number of nitrogens with one attached hydrogen (secondary N) is 1. The summed E-state index contributed by atoms with van der Waals surface area (Å²) in [5, 5.41) is 3.01. The minimum absolute atomic E-state index is 0.144. The zero-order chi connectivity index (χ0) is 16.3. The summed E-state index contributed by atoms with van der Waals surface area (Å²) in [4.78, 5) is 12.1. The largest absolute Gasteiger partial charge is 0.494 e. The lowest BCUT2D eigenvalue weighted by Crippen LogP contribution is -2.18. The highest BCUT2D eigenvalue weighted by atomic mass is 16.5. The zero-order valence-corrected chi connectivity index (χ0v) is 14.5. The molecule has 1 saturated carbocycles. The van der Waals surface area contributed by atoms with Gasteiger partial charge in [0.05, 0.1) is 6.61 Å². The van der Waals surface area contributed by atoms with Crippen LogP contribution < -0.4 is 10.1 Å². The number of amides is 1. The van der Waals surface area contributed by atoms with Gasteiger partial charge in [-0.3, -0.25) is 4.79 Å². The van der Waals surface area contributed by atoms with E-state index in [9.17, 15) is 4.79 Å². The molecule has 2 rings (SSSR count). The Balaban J connectivity index is 1.68. The van der Waals surface area contributed by atoms with Crippen molar-refractivity contribution in [1.29, 1.82) is 0 Å². The maximum atomic E-state index is 12.1. The Kier molecular flexibility index (Phi) is 7.99. The van der Waals surface area contributed by atoms with E-state index < -0.39 is 0 Å². The molecular formula is C20H31NO2. The molecule has 0 saturated heterocycles. The van der Waals surface area contributed by atoms with E-state index in [1.807, 2.05) is 24.3 Å². The Morgan fingerprint density at radius 3 is 2.52 bits per heavy atom. The highest BCUT2D eigenvalue weighted by molar-refractivity contribution is 5.90.